The standard InChI is InChI=1S/C17H24BrN3O3/c1-16(2,3)24-15(23)21-10-17(4,5)9-11(21)14(22)20-13-8-6-7-12(18)19-13/h6-8,11H,9-10H2,1-5H3,(H,19,20,22)/t11-/m0/s1. The van der Waals surface area contributed by atoms with Crippen molar-refractivity contribution in [2.24, 2.45) is 5.41 Å². The molecule has 0 saturated carbocycles. The van der Waals surface area contributed by atoms with Gasteiger partial charge in [0.1, 0.15) is 22.1 Å². The number of carbonyl (C=O) groups excluding carboxylic acids is 2. The van der Waals surface area contributed by atoms with Gasteiger partial charge in [-0.3, -0.25) is 9.69 Å². The highest BCUT2D eigenvalue weighted by Gasteiger charge is 2.45. The molecule has 1 fully saturated rings. The number of rotatable bonds is 2. The molecular formula is C17H24BrN3O3. The van der Waals surface area contributed by atoms with Crippen LogP contribution in [0.2, 0.25) is 0 Å². The fourth-order valence-electron chi connectivity index (χ4n) is 2.70. The van der Waals surface area contributed by atoms with E-state index in [0.717, 1.165) is 0 Å². The van der Waals surface area contributed by atoms with Crippen molar-refractivity contribution >= 4 is 33.7 Å². The summed E-state index contributed by atoms with van der Waals surface area (Å²) in [6.07, 6.45) is 0.113. The van der Waals surface area contributed by atoms with Crippen molar-refractivity contribution in [3.63, 3.8) is 0 Å². The van der Waals surface area contributed by atoms with Crippen LogP contribution in [0.3, 0.4) is 0 Å². The predicted molar refractivity (Wildman–Crippen MR) is 95.7 cm³/mol. The van der Waals surface area contributed by atoms with Gasteiger partial charge >= 0.3 is 6.09 Å². The summed E-state index contributed by atoms with van der Waals surface area (Å²) in [7, 11) is 0. The monoisotopic (exact) mass is 397 g/mol. The quantitative estimate of drug-likeness (QED) is 0.769. The van der Waals surface area contributed by atoms with Crippen LogP contribution in [0.25, 0.3) is 0 Å². The molecule has 1 aliphatic heterocycles. The molecule has 1 aliphatic rings. The van der Waals surface area contributed by atoms with Crippen LogP contribution in [-0.4, -0.2) is 40.1 Å². The van der Waals surface area contributed by atoms with Gasteiger partial charge < -0.3 is 10.1 Å². The number of carbonyl (C=O) groups is 2. The number of aromatic nitrogens is 1. The topological polar surface area (TPSA) is 71.5 Å². The summed E-state index contributed by atoms with van der Waals surface area (Å²) in [6.45, 7) is 9.99. The van der Waals surface area contributed by atoms with Crippen molar-refractivity contribution in [2.45, 2.75) is 52.7 Å². The maximum absolute atomic E-state index is 12.7. The summed E-state index contributed by atoms with van der Waals surface area (Å²) in [4.78, 5) is 30.9. The molecule has 6 nitrogen and oxygen atoms in total. The van der Waals surface area contributed by atoms with Crippen molar-refractivity contribution in [2.75, 3.05) is 11.9 Å². The first-order chi connectivity index (χ1) is 11.0. The minimum atomic E-state index is -0.601. The predicted octanol–water partition coefficient (Wildman–Crippen LogP) is 3.82. The molecule has 2 heterocycles. The molecule has 0 aromatic carbocycles. The maximum Gasteiger partial charge on any atom is 0.410 e. The second-order valence-corrected chi connectivity index (χ2v) is 8.64. The Kier molecular flexibility index (Phi) is 5.22. The van der Waals surface area contributed by atoms with Gasteiger partial charge in [0.15, 0.2) is 0 Å². The lowest BCUT2D eigenvalue weighted by atomic mass is 9.90. The van der Waals surface area contributed by atoms with Crippen molar-refractivity contribution in [3.05, 3.63) is 22.8 Å². The number of amides is 2. The molecule has 1 N–H and O–H groups in total. The van der Waals surface area contributed by atoms with Gasteiger partial charge in [-0.2, -0.15) is 0 Å². The number of anilines is 1. The molecular weight excluding hydrogens is 374 g/mol. The lowest BCUT2D eigenvalue weighted by Gasteiger charge is -2.28. The number of nitrogens with one attached hydrogen (secondary N) is 1. The molecule has 1 atom stereocenters. The van der Waals surface area contributed by atoms with Gasteiger partial charge in [-0.05, 0) is 60.7 Å². The Hall–Kier alpha value is -1.63. The Morgan fingerprint density at radius 2 is 2.04 bits per heavy atom. The Balaban J connectivity index is 2.15. The van der Waals surface area contributed by atoms with Crippen LogP contribution >= 0.6 is 15.9 Å². The molecule has 1 saturated heterocycles. The number of halogens is 1. The third-order valence-electron chi connectivity index (χ3n) is 3.62. The average molecular weight is 398 g/mol. The highest BCUT2D eigenvalue weighted by atomic mass is 79.9. The molecule has 0 spiro atoms. The summed E-state index contributed by atoms with van der Waals surface area (Å²) in [5, 5.41) is 2.78. The van der Waals surface area contributed by atoms with E-state index in [2.05, 4.69) is 26.2 Å². The first-order valence-corrected chi connectivity index (χ1v) is 8.69. The van der Waals surface area contributed by atoms with Crippen LogP contribution in [0.1, 0.15) is 41.0 Å². The number of ether oxygens (including phenoxy) is 1. The molecule has 0 aliphatic carbocycles. The summed E-state index contributed by atoms with van der Waals surface area (Å²) in [5.41, 5.74) is -0.750. The molecule has 0 bridgehead atoms. The van der Waals surface area contributed by atoms with Gasteiger partial charge in [0.25, 0.3) is 0 Å². The molecule has 0 radical (unpaired) electrons. The first kappa shape index (κ1) is 18.7. The molecule has 132 valence electrons. The van der Waals surface area contributed by atoms with Crippen molar-refractivity contribution < 1.29 is 14.3 Å². The minimum absolute atomic E-state index is 0.149. The molecule has 2 amide bonds. The Morgan fingerprint density at radius 3 is 2.62 bits per heavy atom. The Morgan fingerprint density at radius 1 is 1.38 bits per heavy atom. The van der Waals surface area contributed by atoms with E-state index in [4.69, 9.17) is 4.74 Å². The van der Waals surface area contributed by atoms with E-state index >= 15 is 0 Å². The van der Waals surface area contributed by atoms with Gasteiger partial charge in [-0.25, -0.2) is 9.78 Å². The number of hydrogen-bond donors (Lipinski definition) is 1. The van der Waals surface area contributed by atoms with E-state index in [1.807, 2.05) is 34.6 Å². The molecule has 7 heteroatoms. The number of likely N-dealkylation sites (tertiary alicyclic amines) is 1. The molecule has 2 rings (SSSR count). The lowest BCUT2D eigenvalue weighted by molar-refractivity contribution is -0.120. The van der Waals surface area contributed by atoms with Crippen molar-refractivity contribution in [1.29, 1.82) is 0 Å². The van der Waals surface area contributed by atoms with Crippen LogP contribution in [0, 0.1) is 5.41 Å². The normalized spacial score (nSPS) is 19.9. The van der Waals surface area contributed by atoms with Crippen LogP contribution in [0.15, 0.2) is 22.8 Å². The summed E-state index contributed by atoms with van der Waals surface area (Å²) in [5.74, 6) is 0.195. The zero-order valence-electron chi connectivity index (χ0n) is 14.7. The van der Waals surface area contributed by atoms with Crippen molar-refractivity contribution in [1.82, 2.24) is 9.88 Å². The third kappa shape index (κ3) is 4.93. The summed E-state index contributed by atoms with van der Waals surface area (Å²) < 4.78 is 6.08. The number of hydrogen-bond acceptors (Lipinski definition) is 4. The lowest BCUT2D eigenvalue weighted by Crippen LogP contribution is -2.45. The minimum Gasteiger partial charge on any atom is -0.444 e. The average Bonchev–Trinajstić information content (AvgIpc) is 2.73. The second kappa shape index (κ2) is 6.70. The van der Waals surface area contributed by atoms with E-state index in [-0.39, 0.29) is 11.3 Å². The molecule has 1 aromatic rings. The largest absolute Gasteiger partial charge is 0.444 e. The Labute approximate surface area is 151 Å². The molecule has 1 aromatic heterocycles. The van der Waals surface area contributed by atoms with Crippen molar-refractivity contribution in [3.8, 4) is 0 Å². The molecule has 24 heavy (non-hydrogen) atoms. The van der Waals surface area contributed by atoms with Gasteiger partial charge in [-0.1, -0.05) is 19.9 Å². The van der Waals surface area contributed by atoms with Crippen LogP contribution in [0.5, 0.6) is 0 Å². The number of nitrogens with zero attached hydrogens (tertiary/aromatic N) is 2. The zero-order valence-corrected chi connectivity index (χ0v) is 16.3. The smallest absolute Gasteiger partial charge is 0.410 e. The third-order valence-corrected chi connectivity index (χ3v) is 4.06. The summed E-state index contributed by atoms with van der Waals surface area (Å²) >= 11 is 3.27. The zero-order chi connectivity index (χ0) is 18.1. The fraction of sp³-hybridized carbons (Fsp3) is 0.588. The van der Waals surface area contributed by atoms with Gasteiger partial charge in [0.05, 0.1) is 0 Å². The van der Waals surface area contributed by atoms with Crippen LogP contribution in [-0.2, 0) is 9.53 Å². The number of pyridine rings is 1. The van der Waals surface area contributed by atoms with Gasteiger partial charge in [0.2, 0.25) is 5.91 Å². The highest BCUT2D eigenvalue weighted by molar-refractivity contribution is 9.10. The fourth-order valence-corrected chi connectivity index (χ4v) is 3.05. The van der Waals surface area contributed by atoms with Gasteiger partial charge in [0, 0.05) is 6.54 Å². The summed E-state index contributed by atoms with van der Waals surface area (Å²) in [6, 6.07) is 4.70. The Bertz CT molecular complexity index is 640. The van der Waals surface area contributed by atoms with E-state index in [0.29, 0.717) is 23.4 Å². The van der Waals surface area contributed by atoms with E-state index < -0.39 is 17.7 Å². The SMILES string of the molecule is CC1(C)C[C@@H](C(=O)Nc2cccc(Br)n2)N(C(=O)OC(C)(C)C)C1. The van der Waals surface area contributed by atoms with E-state index in [1.54, 1.807) is 18.2 Å². The van der Waals surface area contributed by atoms with E-state index in [1.165, 1.54) is 4.90 Å². The van der Waals surface area contributed by atoms with Gasteiger partial charge in [-0.15, -0.1) is 0 Å². The van der Waals surface area contributed by atoms with Crippen LogP contribution in [0.4, 0.5) is 10.6 Å². The van der Waals surface area contributed by atoms with E-state index in [9.17, 15) is 9.59 Å². The first-order valence-electron chi connectivity index (χ1n) is 7.90. The second-order valence-electron chi connectivity index (χ2n) is 7.83. The van der Waals surface area contributed by atoms with Crippen LogP contribution < -0.4 is 5.32 Å². The highest BCUT2D eigenvalue weighted by Crippen LogP contribution is 2.35. The maximum atomic E-state index is 12.7. The molecule has 0 unspecified atom stereocenters.